The van der Waals surface area contributed by atoms with Gasteiger partial charge < -0.3 is 9.47 Å². The monoisotopic (exact) mass is 226 g/mol. The van der Waals surface area contributed by atoms with Gasteiger partial charge in [-0.3, -0.25) is 0 Å². The standard InChI is InChI=1S/C13H22O3/c1-4-12(10-8-6-7-9-10)13(5-2,16-12)11(14)15-3/h10H,4-9H2,1-3H3. The Balaban J connectivity index is 2.21. The summed E-state index contributed by atoms with van der Waals surface area (Å²) in [6, 6.07) is 0. The molecule has 1 aliphatic carbocycles. The Morgan fingerprint density at radius 3 is 2.38 bits per heavy atom. The van der Waals surface area contributed by atoms with Crippen molar-refractivity contribution in [2.45, 2.75) is 63.6 Å². The zero-order valence-electron chi connectivity index (χ0n) is 10.5. The molecule has 1 aliphatic heterocycles. The Hall–Kier alpha value is -0.570. The van der Waals surface area contributed by atoms with E-state index in [-0.39, 0.29) is 11.6 Å². The molecular weight excluding hydrogens is 204 g/mol. The Morgan fingerprint density at radius 1 is 1.31 bits per heavy atom. The molecule has 1 heterocycles. The van der Waals surface area contributed by atoms with E-state index < -0.39 is 5.60 Å². The molecule has 0 spiro atoms. The van der Waals surface area contributed by atoms with Crippen molar-refractivity contribution in [3.63, 3.8) is 0 Å². The number of esters is 1. The molecule has 2 fully saturated rings. The summed E-state index contributed by atoms with van der Waals surface area (Å²) in [6.07, 6.45) is 6.59. The molecule has 2 atom stereocenters. The molecule has 0 N–H and O–H groups in total. The number of carbonyl (C=O) groups is 1. The predicted octanol–water partition coefficient (Wildman–Crippen LogP) is 2.68. The number of ether oxygens (including phenoxy) is 2. The van der Waals surface area contributed by atoms with Gasteiger partial charge in [0.1, 0.15) is 5.60 Å². The highest BCUT2D eigenvalue weighted by Crippen LogP contribution is 2.61. The molecule has 2 rings (SSSR count). The van der Waals surface area contributed by atoms with Crippen molar-refractivity contribution >= 4 is 5.97 Å². The maximum absolute atomic E-state index is 11.9. The second kappa shape index (κ2) is 4.02. The quantitative estimate of drug-likeness (QED) is 0.546. The number of hydrogen-bond acceptors (Lipinski definition) is 3. The predicted molar refractivity (Wildman–Crippen MR) is 61.1 cm³/mol. The average Bonchev–Trinajstić information content (AvgIpc) is 2.72. The van der Waals surface area contributed by atoms with Gasteiger partial charge in [0.15, 0.2) is 5.60 Å². The zero-order chi connectivity index (χ0) is 11.8. The van der Waals surface area contributed by atoms with Crippen molar-refractivity contribution in [2.75, 3.05) is 7.11 Å². The normalized spacial score (nSPS) is 38.7. The first-order chi connectivity index (χ1) is 7.66. The van der Waals surface area contributed by atoms with Gasteiger partial charge in [-0.05, 0) is 31.6 Å². The van der Waals surface area contributed by atoms with Gasteiger partial charge in [-0.25, -0.2) is 4.79 Å². The number of epoxide rings is 1. The van der Waals surface area contributed by atoms with E-state index in [4.69, 9.17) is 9.47 Å². The average molecular weight is 226 g/mol. The largest absolute Gasteiger partial charge is 0.467 e. The Kier molecular flexibility index (Phi) is 2.99. The van der Waals surface area contributed by atoms with E-state index in [9.17, 15) is 4.79 Å². The SMILES string of the molecule is CCC1(C(=O)OC)OC1(CC)C1CCCC1. The minimum absolute atomic E-state index is 0.177. The molecule has 3 nitrogen and oxygen atoms in total. The third kappa shape index (κ3) is 1.33. The number of hydrogen-bond donors (Lipinski definition) is 0. The van der Waals surface area contributed by atoms with E-state index in [2.05, 4.69) is 6.92 Å². The Morgan fingerprint density at radius 2 is 1.94 bits per heavy atom. The fraction of sp³-hybridized carbons (Fsp3) is 0.923. The maximum atomic E-state index is 11.9. The van der Waals surface area contributed by atoms with Crippen molar-refractivity contribution in [1.82, 2.24) is 0 Å². The lowest BCUT2D eigenvalue weighted by Gasteiger charge is -2.22. The van der Waals surface area contributed by atoms with Crippen LogP contribution in [0.1, 0.15) is 52.4 Å². The molecular formula is C13H22O3. The van der Waals surface area contributed by atoms with Crippen molar-refractivity contribution in [2.24, 2.45) is 5.92 Å². The van der Waals surface area contributed by atoms with Crippen molar-refractivity contribution in [3.8, 4) is 0 Å². The Labute approximate surface area is 97.5 Å². The molecule has 0 aromatic rings. The van der Waals surface area contributed by atoms with E-state index in [0.29, 0.717) is 5.92 Å². The Bertz CT molecular complexity index is 283. The van der Waals surface area contributed by atoms with E-state index in [1.54, 1.807) is 0 Å². The van der Waals surface area contributed by atoms with Gasteiger partial charge in [-0.1, -0.05) is 26.7 Å². The maximum Gasteiger partial charge on any atom is 0.341 e. The molecule has 3 heteroatoms. The second-order valence-corrected chi connectivity index (χ2v) is 5.00. The molecule has 0 bridgehead atoms. The second-order valence-electron chi connectivity index (χ2n) is 5.00. The lowest BCUT2D eigenvalue weighted by atomic mass is 9.77. The summed E-state index contributed by atoms with van der Waals surface area (Å²) >= 11 is 0. The smallest absolute Gasteiger partial charge is 0.341 e. The summed E-state index contributed by atoms with van der Waals surface area (Å²) in [5, 5.41) is 0. The lowest BCUT2D eigenvalue weighted by molar-refractivity contribution is -0.147. The molecule has 0 aromatic heterocycles. The van der Waals surface area contributed by atoms with Crippen LogP contribution in [-0.4, -0.2) is 24.3 Å². The van der Waals surface area contributed by atoms with Crippen LogP contribution in [0.3, 0.4) is 0 Å². The first-order valence-corrected chi connectivity index (χ1v) is 6.45. The van der Waals surface area contributed by atoms with E-state index in [1.165, 1.54) is 32.8 Å². The van der Waals surface area contributed by atoms with Gasteiger partial charge in [-0.15, -0.1) is 0 Å². The van der Waals surface area contributed by atoms with Crippen LogP contribution in [0.25, 0.3) is 0 Å². The summed E-state index contributed by atoms with van der Waals surface area (Å²) in [6.45, 7) is 4.14. The number of rotatable bonds is 4. The highest BCUT2D eigenvalue weighted by molar-refractivity contribution is 5.85. The van der Waals surface area contributed by atoms with Crippen molar-refractivity contribution in [1.29, 1.82) is 0 Å². The third-order valence-corrected chi connectivity index (χ3v) is 4.55. The topological polar surface area (TPSA) is 38.8 Å². The van der Waals surface area contributed by atoms with Crippen LogP contribution >= 0.6 is 0 Å². The highest BCUT2D eigenvalue weighted by Gasteiger charge is 2.75. The fourth-order valence-corrected chi connectivity index (χ4v) is 3.63. The van der Waals surface area contributed by atoms with Gasteiger partial charge in [0.2, 0.25) is 0 Å². The minimum Gasteiger partial charge on any atom is -0.467 e. The molecule has 0 radical (unpaired) electrons. The van der Waals surface area contributed by atoms with Gasteiger partial charge in [-0.2, -0.15) is 0 Å². The molecule has 16 heavy (non-hydrogen) atoms. The lowest BCUT2D eigenvalue weighted by Crippen LogP contribution is -2.38. The van der Waals surface area contributed by atoms with Crippen molar-refractivity contribution in [3.05, 3.63) is 0 Å². The first kappa shape index (κ1) is 11.9. The summed E-state index contributed by atoms with van der Waals surface area (Å²) < 4.78 is 10.9. The molecule has 0 aromatic carbocycles. The molecule has 92 valence electrons. The third-order valence-electron chi connectivity index (χ3n) is 4.55. The summed E-state index contributed by atoms with van der Waals surface area (Å²) in [4.78, 5) is 11.9. The molecule has 2 unspecified atom stereocenters. The van der Waals surface area contributed by atoms with E-state index in [1.807, 2.05) is 6.92 Å². The van der Waals surface area contributed by atoms with Gasteiger partial charge in [0.05, 0.1) is 7.11 Å². The van der Waals surface area contributed by atoms with E-state index in [0.717, 1.165) is 12.8 Å². The van der Waals surface area contributed by atoms with Crippen LogP contribution in [0.15, 0.2) is 0 Å². The van der Waals surface area contributed by atoms with Crippen LogP contribution in [-0.2, 0) is 14.3 Å². The summed E-state index contributed by atoms with van der Waals surface area (Å²) in [5.41, 5.74) is -0.850. The molecule has 2 aliphatic rings. The number of methoxy groups -OCH3 is 1. The van der Waals surface area contributed by atoms with Crippen LogP contribution in [0.4, 0.5) is 0 Å². The minimum atomic E-state index is -0.633. The zero-order valence-corrected chi connectivity index (χ0v) is 10.5. The van der Waals surface area contributed by atoms with Gasteiger partial charge in [0.25, 0.3) is 0 Å². The molecule has 0 amide bonds. The van der Waals surface area contributed by atoms with Crippen LogP contribution in [0, 0.1) is 5.92 Å². The van der Waals surface area contributed by atoms with Crippen LogP contribution < -0.4 is 0 Å². The highest BCUT2D eigenvalue weighted by atomic mass is 16.7. The van der Waals surface area contributed by atoms with E-state index >= 15 is 0 Å². The van der Waals surface area contributed by atoms with Gasteiger partial charge in [0, 0.05) is 0 Å². The fourth-order valence-electron chi connectivity index (χ4n) is 3.63. The van der Waals surface area contributed by atoms with Crippen LogP contribution in [0.2, 0.25) is 0 Å². The number of carbonyl (C=O) groups excluding carboxylic acids is 1. The van der Waals surface area contributed by atoms with Crippen molar-refractivity contribution < 1.29 is 14.3 Å². The van der Waals surface area contributed by atoms with Gasteiger partial charge >= 0.3 is 5.97 Å². The summed E-state index contributed by atoms with van der Waals surface area (Å²) in [5.74, 6) is 0.375. The summed E-state index contributed by atoms with van der Waals surface area (Å²) in [7, 11) is 1.45. The first-order valence-electron chi connectivity index (χ1n) is 6.45. The molecule has 1 saturated heterocycles. The van der Waals surface area contributed by atoms with Crippen LogP contribution in [0.5, 0.6) is 0 Å². The molecule has 1 saturated carbocycles.